The van der Waals surface area contributed by atoms with Crippen molar-refractivity contribution < 1.29 is 19.4 Å². The molecule has 0 aliphatic carbocycles. The van der Waals surface area contributed by atoms with E-state index in [1.54, 1.807) is 13.0 Å². The molecule has 0 bridgehead atoms. The highest BCUT2D eigenvalue weighted by Gasteiger charge is 2.13. The Hall–Kier alpha value is -1.32. The van der Waals surface area contributed by atoms with E-state index in [1.165, 1.54) is 0 Å². The standard InChI is InChI=1S/C11H18O4/c1-3-5-6-7-9(8-10(12)13)11(14)15-4-2/h7H,3-6,8H2,1-2H3,(H,12,13)/b9-7-. The number of carbonyl (C=O) groups is 2. The summed E-state index contributed by atoms with van der Waals surface area (Å²) in [5.41, 5.74) is 0.248. The van der Waals surface area contributed by atoms with E-state index in [9.17, 15) is 9.59 Å². The lowest BCUT2D eigenvalue weighted by molar-refractivity contribution is -0.142. The molecular weight excluding hydrogens is 196 g/mol. The third-order valence-corrected chi connectivity index (χ3v) is 1.83. The molecule has 0 saturated carbocycles. The zero-order valence-corrected chi connectivity index (χ0v) is 9.28. The number of allylic oxidation sites excluding steroid dienone is 1. The molecule has 15 heavy (non-hydrogen) atoms. The monoisotopic (exact) mass is 214 g/mol. The maximum absolute atomic E-state index is 11.3. The van der Waals surface area contributed by atoms with Gasteiger partial charge in [-0.15, -0.1) is 0 Å². The van der Waals surface area contributed by atoms with Gasteiger partial charge in [0.15, 0.2) is 0 Å². The van der Waals surface area contributed by atoms with Crippen molar-refractivity contribution in [2.75, 3.05) is 6.61 Å². The van der Waals surface area contributed by atoms with Crippen molar-refractivity contribution in [3.05, 3.63) is 11.6 Å². The molecule has 0 radical (unpaired) electrons. The number of carbonyl (C=O) groups excluding carboxylic acids is 1. The first-order chi connectivity index (χ1) is 7.11. The lowest BCUT2D eigenvalue weighted by atomic mass is 10.1. The van der Waals surface area contributed by atoms with Gasteiger partial charge in [-0.25, -0.2) is 4.79 Å². The first-order valence-corrected chi connectivity index (χ1v) is 5.19. The van der Waals surface area contributed by atoms with E-state index in [1.807, 2.05) is 6.92 Å². The van der Waals surface area contributed by atoms with Crippen LogP contribution >= 0.6 is 0 Å². The van der Waals surface area contributed by atoms with Crippen molar-refractivity contribution in [1.82, 2.24) is 0 Å². The van der Waals surface area contributed by atoms with Crippen LogP contribution in [-0.2, 0) is 14.3 Å². The van der Waals surface area contributed by atoms with E-state index in [-0.39, 0.29) is 18.6 Å². The van der Waals surface area contributed by atoms with Crippen LogP contribution in [0.5, 0.6) is 0 Å². The predicted octanol–water partition coefficient (Wildman–Crippen LogP) is 2.14. The average Bonchev–Trinajstić information content (AvgIpc) is 2.16. The lowest BCUT2D eigenvalue weighted by Crippen LogP contribution is -2.11. The SMILES string of the molecule is CCCC/C=C(/CC(=O)O)C(=O)OCC. The molecule has 4 heteroatoms. The van der Waals surface area contributed by atoms with E-state index in [0.717, 1.165) is 19.3 Å². The third kappa shape index (κ3) is 6.71. The summed E-state index contributed by atoms with van der Waals surface area (Å²) in [5.74, 6) is -1.53. The second-order valence-corrected chi connectivity index (χ2v) is 3.16. The summed E-state index contributed by atoms with van der Waals surface area (Å²) < 4.78 is 4.77. The fourth-order valence-electron chi connectivity index (χ4n) is 1.09. The molecule has 0 aromatic carbocycles. The molecule has 1 N–H and O–H groups in total. The second-order valence-electron chi connectivity index (χ2n) is 3.16. The Morgan fingerprint density at radius 3 is 2.47 bits per heavy atom. The molecule has 4 nitrogen and oxygen atoms in total. The van der Waals surface area contributed by atoms with Gasteiger partial charge in [0.2, 0.25) is 0 Å². The number of carboxylic acids is 1. The number of rotatable bonds is 7. The van der Waals surface area contributed by atoms with Crippen LogP contribution in [0, 0.1) is 0 Å². The topological polar surface area (TPSA) is 63.6 Å². The first kappa shape index (κ1) is 13.7. The van der Waals surface area contributed by atoms with Crippen LogP contribution in [0.1, 0.15) is 39.5 Å². The highest BCUT2D eigenvalue weighted by Crippen LogP contribution is 2.08. The van der Waals surface area contributed by atoms with Gasteiger partial charge in [0, 0.05) is 5.57 Å². The quantitative estimate of drug-likeness (QED) is 0.400. The summed E-state index contributed by atoms with van der Waals surface area (Å²) in [4.78, 5) is 21.8. The van der Waals surface area contributed by atoms with Crippen molar-refractivity contribution in [2.24, 2.45) is 0 Å². The number of carboxylic acid groups (broad SMARTS) is 1. The average molecular weight is 214 g/mol. The summed E-state index contributed by atoms with van der Waals surface area (Å²) in [6, 6.07) is 0. The Morgan fingerprint density at radius 2 is 2.00 bits per heavy atom. The predicted molar refractivity (Wildman–Crippen MR) is 56.5 cm³/mol. The van der Waals surface area contributed by atoms with Gasteiger partial charge >= 0.3 is 11.9 Å². The van der Waals surface area contributed by atoms with Crippen LogP contribution in [0.15, 0.2) is 11.6 Å². The number of aliphatic carboxylic acids is 1. The highest BCUT2D eigenvalue weighted by atomic mass is 16.5. The minimum Gasteiger partial charge on any atom is -0.481 e. The molecule has 0 fully saturated rings. The summed E-state index contributed by atoms with van der Waals surface area (Å²) in [6.45, 7) is 4.00. The minimum absolute atomic E-state index is 0.248. The molecular formula is C11H18O4. The van der Waals surface area contributed by atoms with Crippen LogP contribution in [0.3, 0.4) is 0 Å². The largest absolute Gasteiger partial charge is 0.481 e. The van der Waals surface area contributed by atoms with Crippen LogP contribution in [0.4, 0.5) is 0 Å². The Bertz CT molecular complexity index is 243. The normalized spacial score (nSPS) is 11.2. The summed E-state index contributed by atoms with van der Waals surface area (Å²) >= 11 is 0. The summed E-state index contributed by atoms with van der Waals surface area (Å²) in [7, 11) is 0. The maximum Gasteiger partial charge on any atom is 0.334 e. The van der Waals surface area contributed by atoms with Crippen molar-refractivity contribution in [3.63, 3.8) is 0 Å². The highest BCUT2D eigenvalue weighted by molar-refractivity contribution is 5.93. The smallest absolute Gasteiger partial charge is 0.334 e. The molecule has 0 heterocycles. The molecule has 86 valence electrons. The van der Waals surface area contributed by atoms with Gasteiger partial charge < -0.3 is 9.84 Å². The van der Waals surface area contributed by atoms with Gasteiger partial charge in [-0.2, -0.15) is 0 Å². The Kier molecular flexibility index (Phi) is 7.32. The van der Waals surface area contributed by atoms with Crippen molar-refractivity contribution in [1.29, 1.82) is 0 Å². The van der Waals surface area contributed by atoms with Crippen molar-refractivity contribution in [2.45, 2.75) is 39.5 Å². The van der Waals surface area contributed by atoms with E-state index < -0.39 is 11.9 Å². The van der Waals surface area contributed by atoms with Gasteiger partial charge in [-0.3, -0.25) is 4.79 Å². The van der Waals surface area contributed by atoms with Crippen LogP contribution in [0.25, 0.3) is 0 Å². The molecule has 0 aliphatic rings. The fraction of sp³-hybridized carbons (Fsp3) is 0.636. The number of unbranched alkanes of at least 4 members (excludes halogenated alkanes) is 2. The second kappa shape index (κ2) is 8.03. The van der Waals surface area contributed by atoms with Gasteiger partial charge in [-0.05, 0) is 13.3 Å². The zero-order valence-electron chi connectivity index (χ0n) is 9.28. The molecule has 0 aromatic heterocycles. The molecule has 0 spiro atoms. The number of hydrogen-bond donors (Lipinski definition) is 1. The fourth-order valence-corrected chi connectivity index (χ4v) is 1.09. The van der Waals surface area contributed by atoms with Gasteiger partial charge in [0.05, 0.1) is 13.0 Å². The van der Waals surface area contributed by atoms with E-state index in [2.05, 4.69) is 0 Å². The molecule has 0 amide bonds. The van der Waals surface area contributed by atoms with Crippen molar-refractivity contribution >= 4 is 11.9 Å². The Balaban J connectivity index is 4.35. The van der Waals surface area contributed by atoms with E-state index in [4.69, 9.17) is 9.84 Å². The molecule has 0 saturated heterocycles. The van der Waals surface area contributed by atoms with Crippen LogP contribution in [0.2, 0.25) is 0 Å². The molecule has 0 rings (SSSR count). The Morgan fingerprint density at radius 1 is 1.33 bits per heavy atom. The van der Waals surface area contributed by atoms with Crippen LogP contribution < -0.4 is 0 Å². The molecule has 0 unspecified atom stereocenters. The van der Waals surface area contributed by atoms with E-state index >= 15 is 0 Å². The van der Waals surface area contributed by atoms with Gasteiger partial charge in [0.1, 0.15) is 0 Å². The molecule has 0 aliphatic heterocycles. The Labute approximate surface area is 89.9 Å². The van der Waals surface area contributed by atoms with Gasteiger partial charge in [0.25, 0.3) is 0 Å². The number of hydrogen-bond acceptors (Lipinski definition) is 3. The van der Waals surface area contributed by atoms with Gasteiger partial charge in [-0.1, -0.05) is 25.8 Å². The molecule has 0 atom stereocenters. The summed E-state index contributed by atoms with van der Waals surface area (Å²) in [5, 5.41) is 8.61. The lowest BCUT2D eigenvalue weighted by Gasteiger charge is -2.04. The summed E-state index contributed by atoms with van der Waals surface area (Å²) in [6.07, 6.45) is 4.08. The van der Waals surface area contributed by atoms with E-state index in [0.29, 0.717) is 0 Å². The zero-order chi connectivity index (χ0) is 11.7. The number of ether oxygens (including phenoxy) is 1. The maximum atomic E-state index is 11.3. The minimum atomic E-state index is -1.01. The number of esters is 1. The first-order valence-electron chi connectivity index (χ1n) is 5.19. The van der Waals surface area contributed by atoms with Crippen LogP contribution in [-0.4, -0.2) is 23.7 Å². The molecule has 0 aromatic rings. The van der Waals surface area contributed by atoms with Crippen molar-refractivity contribution in [3.8, 4) is 0 Å². The third-order valence-electron chi connectivity index (χ3n) is 1.83.